The molecule has 0 aliphatic carbocycles. The zero-order chi connectivity index (χ0) is 52.0. The van der Waals surface area contributed by atoms with Crippen molar-refractivity contribution in [2.45, 2.75) is 348 Å². The molecule has 0 spiro atoms. The number of hydrogen-bond donors (Lipinski definition) is 0. The monoisotopic (exact) mass is 1010 g/mol. The molecule has 0 radical (unpaired) electrons. The van der Waals surface area contributed by atoms with E-state index < -0.39 is 6.10 Å². The van der Waals surface area contributed by atoms with Crippen molar-refractivity contribution in [1.82, 2.24) is 0 Å². The maximum Gasteiger partial charge on any atom is 0.306 e. The van der Waals surface area contributed by atoms with Crippen LogP contribution < -0.4 is 0 Å². The largest absolute Gasteiger partial charge is 0.462 e. The van der Waals surface area contributed by atoms with E-state index in [-0.39, 0.29) is 25.2 Å². The van der Waals surface area contributed by atoms with Crippen molar-refractivity contribution in [2.75, 3.05) is 19.8 Å². The first-order valence-electron chi connectivity index (χ1n) is 32.2. The van der Waals surface area contributed by atoms with Gasteiger partial charge in [-0.3, -0.25) is 9.59 Å². The van der Waals surface area contributed by atoms with Gasteiger partial charge in [0.05, 0.1) is 6.61 Å². The van der Waals surface area contributed by atoms with Crippen LogP contribution in [-0.2, 0) is 23.8 Å². The Labute approximate surface area is 450 Å². The van der Waals surface area contributed by atoms with Crippen LogP contribution in [0.5, 0.6) is 0 Å². The van der Waals surface area contributed by atoms with Crippen LogP contribution >= 0.6 is 0 Å². The summed E-state index contributed by atoms with van der Waals surface area (Å²) >= 11 is 0. The van der Waals surface area contributed by atoms with Crippen LogP contribution in [0.25, 0.3) is 0 Å². The van der Waals surface area contributed by atoms with E-state index in [0.29, 0.717) is 19.4 Å². The van der Waals surface area contributed by atoms with Gasteiger partial charge in [-0.1, -0.05) is 294 Å². The van der Waals surface area contributed by atoms with E-state index in [1.807, 2.05) is 0 Å². The minimum atomic E-state index is -0.540. The Morgan fingerprint density at radius 2 is 0.583 bits per heavy atom. The Bertz CT molecular complexity index is 1190. The molecule has 0 aliphatic heterocycles. The van der Waals surface area contributed by atoms with Crippen molar-refractivity contribution >= 4 is 11.9 Å². The van der Waals surface area contributed by atoms with E-state index in [9.17, 15) is 9.59 Å². The molecule has 0 aliphatic rings. The fraction of sp³-hybridized carbons (Fsp3) is 0.851. The average Bonchev–Trinajstić information content (AvgIpc) is 3.38. The van der Waals surface area contributed by atoms with Crippen molar-refractivity contribution < 1.29 is 23.8 Å². The minimum absolute atomic E-state index is 0.0850. The molecule has 0 rings (SSSR count). The number of hydrogen-bond acceptors (Lipinski definition) is 5. The van der Waals surface area contributed by atoms with Crippen molar-refractivity contribution in [2.24, 2.45) is 0 Å². The number of ether oxygens (including phenoxy) is 3. The maximum atomic E-state index is 12.9. The van der Waals surface area contributed by atoms with Crippen molar-refractivity contribution in [1.29, 1.82) is 0 Å². The molecule has 5 nitrogen and oxygen atoms in total. The molecule has 1 atom stereocenters. The predicted octanol–water partition coefficient (Wildman–Crippen LogP) is 22.2. The molecular weight excluding hydrogens is 885 g/mol. The van der Waals surface area contributed by atoms with Crippen LogP contribution in [0, 0.1) is 0 Å². The summed E-state index contributed by atoms with van der Waals surface area (Å²) in [6.07, 6.45) is 80.0. The number of unbranched alkanes of at least 4 members (excludes halogenated alkanes) is 41. The van der Waals surface area contributed by atoms with Gasteiger partial charge in [0.25, 0.3) is 0 Å². The number of carbonyl (C=O) groups is 2. The smallest absolute Gasteiger partial charge is 0.306 e. The molecule has 422 valence electrons. The summed E-state index contributed by atoms with van der Waals surface area (Å²) in [5.74, 6) is -0.384. The molecule has 0 bridgehead atoms. The van der Waals surface area contributed by atoms with Gasteiger partial charge in [0.2, 0.25) is 0 Å². The van der Waals surface area contributed by atoms with Gasteiger partial charge >= 0.3 is 11.9 Å². The lowest BCUT2D eigenvalue weighted by molar-refractivity contribution is -0.163. The highest BCUT2D eigenvalue weighted by atomic mass is 16.6. The summed E-state index contributed by atoms with van der Waals surface area (Å²) in [7, 11) is 0. The van der Waals surface area contributed by atoms with Gasteiger partial charge < -0.3 is 14.2 Å². The molecule has 0 fully saturated rings. The fourth-order valence-electron chi connectivity index (χ4n) is 9.52. The summed E-state index contributed by atoms with van der Waals surface area (Å²) in [5.41, 5.74) is 0. The molecule has 0 aromatic carbocycles. The summed E-state index contributed by atoms with van der Waals surface area (Å²) in [6.45, 7) is 7.83. The van der Waals surface area contributed by atoms with Crippen molar-refractivity contribution in [3.63, 3.8) is 0 Å². The molecule has 1 unspecified atom stereocenters. The van der Waals surface area contributed by atoms with Gasteiger partial charge in [-0.15, -0.1) is 0 Å². The van der Waals surface area contributed by atoms with Gasteiger partial charge in [-0.05, 0) is 83.5 Å². The average molecular weight is 1010 g/mol. The Morgan fingerprint density at radius 3 is 0.944 bits per heavy atom. The third kappa shape index (κ3) is 60.4. The molecule has 72 heavy (non-hydrogen) atoms. The lowest BCUT2D eigenvalue weighted by Gasteiger charge is -2.18. The molecule has 0 heterocycles. The van der Waals surface area contributed by atoms with Crippen molar-refractivity contribution in [3.05, 3.63) is 48.6 Å². The summed E-state index contributed by atoms with van der Waals surface area (Å²) in [6, 6.07) is 0. The lowest BCUT2D eigenvalue weighted by Crippen LogP contribution is -2.30. The Hall–Kier alpha value is -2.14. The van der Waals surface area contributed by atoms with Gasteiger partial charge in [-0.2, -0.15) is 0 Å². The second-order valence-corrected chi connectivity index (χ2v) is 21.7. The molecule has 0 saturated heterocycles. The number of allylic oxidation sites excluding steroid dienone is 8. The molecule has 5 heteroatoms. The van der Waals surface area contributed by atoms with E-state index in [1.165, 1.54) is 257 Å². The second-order valence-electron chi connectivity index (χ2n) is 21.7. The standard InChI is InChI=1S/C67H124O5/c1-4-7-10-13-16-19-22-25-28-31-34-36-39-42-45-48-51-54-57-60-66(68)71-64-65(63-70-62-59-56-53-50-47-44-41-38-33-30-27-24-21-18-15-12-9-6-3)72-67(69)61-58-55-52-49-46-43-40-37-35-32-29-26-23-20-17-14-11-8-5-2/h16,18-19,21,25,27-28,30,65H,4-15,17,20,22-24,26,29,31-64H2,1-3H3/b19-16-,21-18-,28-25-,30-27-. The van der Waals surface area contributed by atoms with Gasteiger partial charge in [0.1, 0.15) is 6.61 Å². The number of carbonyl (C=O) groups excluding carboxylic acids is 2. The van der Waals surface area contributed by atoms with Crippen LogP contribution in [0.2, 0.25) is 0 Å². The van der Waals surface area contributed by atoms with Gasteiger partial charge in [0.15, 0.2) is 6.10 Å². The van der Waals surface area contributed by atoms with Crippen LogP contribution in [0.4, 0.5) is 0 Å². The quantitative estimate of drug-likeness (QED) is 0.0345. The predicted molar refractivity (Wildman–Crippen MR) is 316 cm³/mol. The lowest BCUT2D eigenvalue weighted by atomic mass is 10.0. The van der Waals surface area contributed by atoms with E-state index in [0.717, 1.165) is 51.4 Å². The summed E-state index contributed by atoms with van der Waals surface area (Å²) in [5, 5.41) is 0. The van der Waals surface area contributed by atoms with Crippen LogP contribution in [0.3, 0.4) is 0 Å². The molecule has 0 saturated carbocycles. The van der Waals surface area contributed by atoms with Crippen LogP contribution in [0.15, 0.2) is 48.6 Å². The Balaban J connectivity index is 4.25. The van der Waals surface area contributed by atoms with Crippen molar-refractivity contribution in [3.8, 4) is 0 Å². The summed E-state index contributed by atoms with van der Waals surface area (Å²) < 4.78 is 17.6. The number of esters is 2. The van der Waals surface area contributed by atoms with E-state index in [4.69, 9.17) is 14.2 Å². The SMILES string of the molecule is CCCCC/C=C\C/C=C\CCCCCCCCCCCC(=O)OCC(COCCCCCCCCCC/C=C\C/C=C\CCCCC)OC(=O)CCCCCCCCCCCCCCCCCCCCC. The third-order valence-corrected chi connectivity index (χ3v) is 14.3. The zero-order valence-electron chi connectivity index (χ0n) is 48.7. The molecule has 0 aromatic heterocycles. The zero-order valence-corrected chi connectivity index (χ0v) is 48.7. The van der Waals surface area contributed by atoms with E-state index >= 15 is 0 Å². The highest BCUT2D eigenvalue weighted by Gasteiger charge is 2.18. The summed E-state index contributed by atoms with van der Waals surface area (Å²) in [4.78, 5) is 25.6. The third-order valence-electron chi connectivity index (χ3n) is 14.3. The van der Waals surface area contributed by atoms with Crippen LogP contribution in [-0.4, -0.2) is 37.9 Å². The van der Waals surface area contributed by atoms with Crippen LogP contribution in [0.1, 0.15) is 342 Å². The molecular formula is C67H124O5. The number of rotatable bonds is 60. The molecule has 0 aromatic rings. The Morgan fingerprint density at radius 1 is 0.306 bits per heavy atom. The highest BCUT2D eigenvalue weighted by Crippen LogP contribution is 2.17. The molecule has 0 amide bonds. The fourth-order valence-corrected chi connectivity index (χ4v) is 9.52. The second kappa shape index (κ2) is 63.2. The normalized spacial score (nSPS) is 12.4. The minimum Gasteiger partial charge on any atom is -0.462 e. The maximum absolute atomic E-state index is 12.9. The first-order valence-corrected chi connectivity index (χ1v) is 32.2. The van der Waals surface area contributed by atoms with E-state index in [1.54, 1.807) is 0 Å². The van der Waals surface area contributed by atoms with E-state index in [2.05, 4.69) is 69.4 Å². The first kappa shape index (κ1) is 69.9. The highest BCUT2D eigenvalue weighted by molar-refractivity contribution is 5.70. The van der Waals surface area contributed by atoms with Gasteiger partial charge in [-0.25, -0.2) is 0 Å². The first-order chi connectivity index (χ1) is 35.6. The van der Waals surface area contributed by atoms with Gasteiger partial charge in [0, 0.05) is 19.4 Å². The molecule has 0 N–H and O–H groups in total. The topological polar surface area (TPSA) is 61.8 Å². The Kier molecular flexibility index (Phi) is 61.3.